The fourth-order valence-electron chi connectivity index (χ4n) is 1.73. The molecule has 1 aromatic heterocycles. The van der Waals surface area contributed by atoms with Gasteiger partial charge >= 0.3 is 0 Å². The highest BCUT2D eigenvalue weighted by molar-refractivity contribution is 9.10. The van der Waals surface area contributed by atoms with Crippen LogP contribution < -0.4 is 0 Å². The van der Waals surface area contributed by atoms with Crippen LogP contribution in [-0.2, 0) is 0 Å². The van der Waals surface area contributed by atoms with Crippen LogP contribution in [0.3, 0.4) is 0 Å². The molecule has 0 amide bonds. The van der Waals surface area contributed by atoms with Gasteiger partial charge in [0.1, 0.15) is 0 Å². The van der Waals surface area contributed by atoms with E-state index in [1.54, 1.807) is 11.3 Å². The Morgan fingerprint density at radius 1 is 1.00 bits per heavy atom. The first-order valence-electron chi connectivity index (χ1n) is 4.52. The lowest BCUT2D eigenvalue weighted by Crippen LogP contribution is -1.69. The molecule has 0 N–H and O–H groups in total. The Labute approximate surface area is 105 Å². The van der Waals surface area contributed by atoms with Crippen LogP contribution in [0.2, 0.25) is 5.02 Å². The second-order valence-electron chi connectivity index (χ2n) is 3.34. The van der Waals surface area contributed by atoms with E-state index in [0.29, 0.717) is 0 Å². The first-order valence-corrected chi connectivity index (χ1v) is 6.51. The van der Waals surface area contributed by atoms with Crippen LogP contribution in [0.15, 0.2) is 40.9 Å². The van der Waals surface area contributed by atoms with Crippen molar-refractivity contribution in [1.29, 1.82) is 0 Å². The summed E-state index contributed by atoms with van der Waals surface area (Å²) in [5.41, 5.74) is 0. The summed E-state index contributed by atoms with van der Waals surface area (Å²) < 4.78 is 3.53. The van der Waals surface area contributed by atoms with E-state index in [1.165, 1.54) is 20.2 Å². The molecule has 3 rings (SSSR count). The summed E-state index contributed by atoms with van der Waals surface area (Å²) in [6.07, 6.45) is 0. The van der Waals surface area contributed by atoms with Crippen molar-refractivity contribution in [3.8, 4) is 0 Å². The first-order chi connectivity index (χ1) is 7.27. The lowest BCUT2D eigenvalue weighted by atomic mass is 10.1. The lowest BCUT2D eigenvalue weighted by molar-refractivity contribution is 1.79. The van der Waals surface area contributed by atoms with Gasteiger partial charge in [-0.1, -0.05) is 35.9 Å². The normalized spacial score (nSPS) is 11.3. The van der Waals surface area contributed by atoms with Crippen molar-refractivity contribution >= 4 is 59.0 Å². The van der Waals surface area contributed by atoms with Crippen LogP contribution in [-0.4, -0.2) is 0 Å². The van der Waals surface area contributed by atoms with Crippen molar-refractivity contribution in [2.75, 3.05) is 0 Å². The molecular weight excluding hydrogens is 292 g/mol. The second kappa shape index (κ2) is 3.48. The molecule has 1 heterocycles. The van der Waals surface area contributed by atoms with Gasteiger partial charge in [0.05, 0.1) is 14.2 Å². The largest absolute Gasteiger partial charge is 0.134 e. The average Bonchev–Trinajstić information content (AvgIpc) is 2.63. The SMILES string of the molecule is Clc1ccc2c(sc3ccccc32)c1Br. The number of fused-ring (bicyclic) bond motifs is 3. The molecule has 0 aliphatic rings. The number of hydrogen-bond acceptors (Lipinski definition) is 1. The van der Waals surface area contributed by atoms with Gasteiger partial charge in [-0.15, -0.1) is 11.3 Å². The van der Waals surface area contributed by atoms with Gasteiger partial charge in [-0.2, -0.15) is 0 Å². The van der Waals surface area contributed by atoms with Gasteiger partial charge in [0, 0.05) is 15.5 Å². The van der Waals surface area contributed by atoms with Crippen molar-refractivity contribution in [3.05, 3.63) is 45.9 Å². The Morgan fingerprint density at radius 3 is 2.67 bits per heavy atom. The van der Waals surface area contributed by atoms with E-state index in [9.17, 15) is 0 Å². The van der Waals surface area contributed by atoms with Crippen LogP contribution in [0, 0.1) is 0 Å². The van der Waals surface area contributed by atoms with Gasteiger partial charge < -0.3 is 0 Å². The Bertz CT molecular complexity index is 657. The molecule has 0 nitrogen and oxygen atoms in total. The van der Waals surface area contributed by atoms with Crippen LogP contribution in [0.5, 0.6) is 0 Å². The molecule has 0 atom stereocenters. The highest BCUT2D eigenvalue weighted by Gasteiger charge is 2.09. The Kier molecular flexibility index (Phi) is 2.23. The highest BCUT2D eigenvalue weighted by atomic mass is 79.9. The lowest BCUT2D eigenvalue weighted by Gasteiger charge is -1.96. The molecule has 74 valence electrons. The zero-order valence-electron chi connectivity index (χ0n) is 7.63. The molecule has 0 aliphatic heterocycles. The molecule has 0 spiro atoms. The maximum absolute atomic E-state index is 6.08. The summed E-state index contributed by atoms with van der Waals surface area (Å²) in [6, 6.07) is 12.4. The second-order valence-corrected chi connectivity index (χ2v) is 5.59. The third-order valence-corrected chi connectivity index (χ3v) is 5.27. The van der Waals surface area contributed by atoms with Crippen molar-refractivity contribution in [2.24, 2.45) is 0 Å². The van der Waals surface area contributed by atoms with Crippen LogP contribution in [0.1, 0.15) is 0 Å². The Hall–Kier alpha value is -0.570. The van der Waals surface area contributed by atoms with Crippen LogP contribution in [0.4, 0.5) is 0 Å². The molecule has 0 aliphatic carbocycles. The fourth-order valence-corrected chi connectivity index (χ4v) is 3.68. The first kappa shape index (κ1) is 9.64. The molecular formula is C12H6BrClS. The van der Waals surface area contributed by atoms with E-state index in [0.717, 1.165) is 9.50 Å². The quantitative estimate of drug-likeness (QED) is 0.516. The van der Waals surface area contributed by atoms with Gasteiger partial charge in [-0.05, 0) is 28.1 Å². The summed E-state index contributed by atoms with van der Waals surface area (Å²) >= 11 is 11.4. The minimum atomic E-state index is 0.772. The van der Waals surface area contributed by atoms with Gasteiger partial charge in [0.25, 0.3) is 0 Å². The monoisotopic (exact) mass is 296 g/mol. The third kappa shape index (κ3) is 1.40. The molecule has 0 saturated heterocycles. The Balaban J connectivity index is 2.60. The van der Waals surface area contributed by atoms with Crippen molar-refractivity contribution in [1.82, 2.24) is 0 Å². The summed E-state index contributed by atoms with van der Waals surface area (Å²) in [7, 11) is 0. The standard InChI is InChI=1S/C12H6BrClS/c13-11-9(14)6-5-8-7-3-1-2-4-10(7)15-12(8)11/h1-6H. The maximum Gasteiger partial charge on any atom is 0.0562 e. The highest BCUT2D eigenvalue weighted by Crippen LogP contribution is 2.40. The zero-order chi connectivity index (χ0) is 10.4. The zero-order valence-corrected chi connectivity index (χ0v) is 10.8. The van der Waals surface area contributed by atoms with Crippen molar-refractivity contribution < 1.29 is 0 Å². The Morgan fingerprint density at radius 2 is 1.80 bits per heavy atom. The fraction of sp³-hybridized carbons (Fsp3) is 0. The summed E-state index contributed by atoms with van der Waals surface area (Å²) in [4.78, 5) is 0. The van der Waals surface area contributed by atoms with Crippen LogP contribution >= 0.6 is 38.9 Å². The molecule has 0 fully saturated rings. The van der Waals surface area contributed by atoms with Gasteiger partial charge in [-0.3, -0.25) is 0 Å². The molecule has 15 heavy (non-hydrogen) atoms. The number of halogens is 2. The maximum atomic E-state index is 6.08. The van der Waals surface area contributed by atoms with Gasteiger partial charge in [0.15, 0.2) is 0 Å². The number of rotatable bonds is 0. The number of benzene rings is 2. The minimum Gasteiger partial charge on any atom is -0.134 e. The van der Waals surface area contributed by atoms with E-state index >= 15 is 0 Å². The van der Waals surface area contributed by atoms with Crippen molar-refractivity contribution in [2.45, 2.75) is 0 Å². The predicted octanol–water partition coefficient (Wildman–Crippen LogP) is 5.47. The number of thiophene rings is 1. The van der Waals surface area contributed by atoms with E-state index in [1.807, 2.05) is 6.07 Å². The molecule has 3 heteroatoms. The van der Waals surface area contributed by atoms with E-state index < -0.39 is 0 Å². The third-order valence-electron chi connectivity index (χ3n) is 2.44. The molecule has 0 radical (unpaired) electrons. The van der Waals surface area contributed by atoms with E-state index in [-0.39, 0.29) is 0 Å². The molecule has 0 unspecified atom stereocenters. The van der Waals surface area contributed by atoms with Crippen LogP contribution in [0.25, 0.3) is 20.2 Å². The van der Waals surface area contributed by atoms with E-state index in [4.69, 9.17) is 11.6 Å². The molecule has 2 aromatic carbocycles. The number of hydrogen-bond donors (Lipinski definition) is 0. The van der Waals surface area contributed by atoms with Gasteiger partial charge in [-0.25, -0.2) is 0 Å². The minimum absolute atomic E-state index is 0.772. The topological polar surface area (TPSA) is 0 Å². The smallest absolute Gasteiger partial charge is 0.0562 e. The van der Waals surface area contributed by atoms with E-state index in [2.05, 4.69) is 46.3 Å². The molecule has 0 saturated carbocycles. The van der Waals surface area contributed by atoms with Crippen molar-refractivity contribution in [3.63, 3.8) is 0 Å². The summed E-state index contributed by atoms with van der Waals surface area (Å²) in [5.74, 6) is 0. The molecule has 3 aromatic rings. The van der Waals surface area contributed by atoms with Gasteiger partial charge in [0.2, 0.25) is 0 Å². The summed E-state index contributed by atoms with van der Waals surface area (Å²) in [5, 5.41) is 3.34. The summed E-state index contributed by atoms with van der Waals surface area (Å²) in [6.45, 7) is 0. The molecule has 0 bridgehead atoms. The average molecular weight is 298 g/mol. The predicted molar refractivity (Wildman–Crippen MR) is 72.0 cm³/mol.